The van der Waals surface area contributed by atoms with Crippen LogP contribution in [0.5, 0.6) is 0 Å². The van der Waals surface area contributed by atoms with Crippen LogP contribution >= 0.6 is 0 Å². The van der Waals surface area contributed by atoms with Crippen LogP contribution in [0.3, 0.4) is 0 Å². The molecule has 184 valence electrons. The third-order valence-corrected chi connectivity index (χ3v) is 11.0. The average Bonchev–Trinajstić information content (AvgIpc) is 3.08. The molecule has 0 heterocycles. The summed E-state index contributed by atoms with van der Waals surface area (Å²) >= 11 is 0. The van der Waals surface area contributed by atoms with Crippen LogP contribution in [-0.4, -0.2) is 39.4 Å². The zero-order chi connectivity index (χ0) is 23.6. The molecule has 4 aliphatic rings. The molecule has 0 radical (unpaired) electrons. The molecule has 11 atom stereocenters. The van der Waals surface area contributed by atoms with Gasteiger partial charge in [-0.1, -0.05) is 34.1 Å². The van der Waals surface area contributed by atoms with Crippen LogP contribution in [0.2, 0.25) is 0 Å². The molecular formula is C26H42F2O4. The van der Waals surface area contributed by atoms with Gasteiger partial charge in [0, 0.05) is 12.3 Å². The van der Waals surface area contributed by atoms with Gasteiger partial charge < -0.3 is 15.3 Å². The highest BCUT2D eigenvalue weighted by atomic mass is 19.3. The molecule has 4 rings (SSSR count). The van der Waals surface area contributed by atoms with E-state index in [1.807, 2.05) is 13.8 Å². The fourth-order valence-electron chi connectivity index (χ4n) is 9.56. The minimum Gasteiger partial charge on any atom is -0.481 e. The van der Waals surface area contributed by atoms with Gasteiger partial charge >= 0.3 is 5.97 Å². The fraction of sp³-hybridized carbons (Fsp3) is 0.962. The summed E-state index contributed by atoms with van der Waals surface area (Å²) in [5.41, 5.74) is -0.542. The predicted octanol–water partition coefficient (Wildman–Crippen LogP) is 5.36. The summed E-state index contributed by atoms with van der Waals surface area (Å²) in [6, 6.07) is 0. The van der Waals surface area contributed by atoms with Crippen molar-refractivity contribution in [3.8, 4) is 0 Å². The number of aliphatic hydroxyl groups is 2. The number of rotatable bonds is 5. The number of alkyl halides is 2. The monoisotopic (exact) mass is 456 g/mol. The molecule has 4 nitrogen and oxygen atoms in total. The van der Waals surface area contributed by atoms with Crippen LogP contribution in [0.1, 0.15) is 85.5 Å². The fourth-order valence-corrected chi connectivity index (χ4v) is 9.56. The Morgan fingerprint density at radius 2 is 1.66 bits per heavy atom. The van der Waals surface area contributed by atoms with Crippen LogP contribution in [0.15, 0.2) is 0 Å². The quantitative estimate of drug-likeness (QED) is 0.520. The lowest BCUT2D eigenvalue weighted by molar-refractivity contribution is -0.286. The van der Waals surface area contributed by atoms with E-state index in [-0.39, 0.29) is 30.1 Å². The Morgan fingerprint density at radius 3 is 2.28 bits per heavy atom. The summed E-state index contributed by atoms with van der Waals surface area (Å²) in [4.78, 5) is 11.1. The Balaban J connectivity index is 1.66. The van der Waals surface area contributed by atoms with Crippen molar-refractivity contribution in [1.29, 1.82) is 0 Å². The molecular weight excluding hydrogens is 414 g/mol. The van der Waals surface area contributed by atoms with E-state index in [0.717, 1.165) is 25.7 Å². The molecule has 4 aliphatic carbocycles. The van der Waals surface area contributed by atoms with E-state index in [1.165, 1.54) is 0 Å². The molecule has 6 heteroatoms. The number of fused-ring (bicyclic) bond motifs is 5. The third kappa shape index (κ3) is 3.37. The van der Waals surface area contributed by atoms with Crippen molar-refractivity contribution < 1.29 is 28.9 Å². The van der Waals surface area contributed by atoms with E-state index < -0.39 is 41.4 Å². The lowest BCUT2D eigenvalue weighted by Crippen LogP contribution is -2.67. The van der Waals surface area contributed by atoms with Gasteiger partial charge in [-0.25, -0.2) is 8.78 Å². The van der Waals surface area contributed by atoms with Crippen LogP contribution in [-0.2, 0) is 4.79 Å². The van der Waals surface area contributed by atoms with Crippen LogP contribution in [0.25, 0.3) is 0 Å². The van der Waals surface area contributed by atoms with Gasteiger partial charge in [0.2, 0.25) is 0 Å². The highest BCUT2D eigenvalue weighted by Crippen LogP contribution is 2.71. The van der Waals surface area contributed by atoms with Gasteiger partial charge in [0.15, 0.2) is 0 Å². The van der Waals surface area contributed by atoms with Crippen LogP contribution < -0.4 is 0 Å². The zero-order valence-corrected chi connectivity index (χ0v) is 20.1. The molecule has 0 spiro atoms. The molecule has 0 bridgehead atoms. The molecule has 32 heavy (non-hydrogen) atoms. The molecule has 0 aliphatic heterocycles. The molecule has 0 amide bonds. The molecule has 0 aromatic carbocycles. The first kappa shape index (κ1) is 24.4. The lowest BCUT2D eigenvalue weighted by atomic mass is 9.40. The second-order valence-corrected chi connectivity index (χ2v) is 12.2. The minimum atomic E-state index is -3.16. The second-order valence-electron chi connectivity index (χ2n) is 12.2. The largest absolute Gasteiger partial charge is 0.481 e. The topological polar surface area (TPSA) is 77.8 Å². The number of aliphatic hydroxyl groups excluding tert-OH is 2. The van der Waals surface area contributed by atoms with Gasteiger partial charge in [-0.2, -0.15) is 0 Å². The van der Waals surface area contributed by atoms with E-state index in [4.69, 9.17) is 5.11 Å². The van der Waals surface area contributed by atoms with Gasteiger partial charge in [-0.15, -0.1) is 0 Å². The van der Waals surface area contributed by atoms with Crippen molar-refractivity contribution in [2.75, 3.05) is 0 Å². The normalized spacial score (nSPS) is 50.8. The molecule has 3 N–H and O–H groups in total. The maximum absolute atomic E-state index is 15.4. The smallest absolute Gasteiger partial charge is 0.303 e. The standard InChI is InChI=1S/C26H42F2O4/c1-5-15-22(32)21-17-8-7-16(14(2)6-9-20(30)31)24(17,3)12-10-18(21)25(4)13-11-19(29)26(27,28)23(15)25/h14-19,21-23,29,32H,5-13H2,1-4H3,(H,30,31)/t14-,15+,16-,17+,18+,19-,21+,22-,23+,24-,25-/m1/s1. The Bertz CT molecular complexity index is 729. The summed E-state index contributed by atoms with van der Waals surface area (Å²) in [6.07, 6.45) is 3.52. The van der Waals surface area contributed by atoms with Gasteiger partial charge in [-0.05, 0) is 91.3 Å². The first-order chi connectivity index (χ1) is 14.9. The molecule has 0 aromatic heterocycles. The number of hydrogen-bond donors (Lipinski definition) is 3. The molecule has 4 saturated carbocycles. The van der Waals surface area contributed by atoms with Crippen molar-refractivity contribution in [2.45, 2.75) is 104 Å². The summed E-state index contributed by atoms with van der Waals surface area (Å²) in [5, 5.41) is 30.9. The Hall–Kier alpha value is -0.750. The van der Waals surface area contributed by atoms with Gasteiger partial charge in [-0.3, -0.25) is 4.79 Å². The van der Waals surface area contributed by atoms with E-state index in [9.17, 15) is 15.0 Å². The van der Waals surface area contributed by atoms with Crippen LogP contribution in [0.4, 0.5) is 8.78 Å². The number of carbonyl (C=O) groups is 1. The zero-order valence-electron chi connectivity index (χ0n) is 20.1. The summed E-state index contributed by atoms with van der Waals surface area (Å²) in [5.74, 6) is -4.32. The SMILES string of the molecule is CC[C@H]1[C@@H](O)[C@@H]2[C@H](CC[C@]3(C)[C@@H]([C@H](C)CCC(=O)O)CC[C@@H]23)[C@@]2(C)CC[C@@H](O)C(F)(F)[C@@H]12. The van der Waals surface area contributed by atoms with E-state index in [1.54, 1.807) is 0 Å². The van der Waals surface area contributed by atoms with Crippen molar-refractivity contribution >= 4 is 5.97 Å². The van der Waals surface area contributed by atoms with E-state index >= 15 is 8.78 Å². The summed E-state index contributed by atoms with van der Waals surface area (Å²) in [6.45, 7) is 8.41. The minimum absolute atomic E-state index is 0.0164. The van der Waals surface area contributed by atoms with Gasteiger partial charge in [0.25, 0.3) is 5.92 Å². The lowest BCUT2D eigenvalue weighted by Gasteiger charge is -2.65. The first-order valence-corrected chi connectivity index (χ1v) is 12.8. The number of aliphatic carboxylic acids is 1. The van der Waals surface area contributed by atoms with Crippen molar-refractivity contribution in [3.05, 3.63) is 0 Å². The third-order valence-electron chi connectivity index (χ3n) is 11.0. The number of hydrogen-bond acceptors (Lipinski definition) is 3. The molecule has 0 saturated heterocycles. The van der Waals surface area contributed by atoms with Gasteiger partial charge in [0.1, 0.15) is 6.10 Å². The predicted molar refractivity (Wildman–Crippen MR) is 118 cm³/mol. The number of carboxylic acid groups (broad SMARTS) is 1. The number of halogens is 2. The Morgan fingerprint density at radius 1 is 1.03 bits per heavy atom. The Kier molecular flexibility index (Phi) is 6.23. The van der Waals surface area contributed by atoms with Gasteiger partial charge in [0.05, 0.1) is 6.10 Å². The average molecular weight is 457 g/mol. The van der Waals surface area contributed by atoms with E-state index in [2.05, 4.69) is 13.8 Å². The van der Waals surface area contributed by atoms with Crippen molar-refractivity contribution in [3.63, 3.8) is 0 Å². The maximum atomic E-state index is 15.4. The summed E-state index contributed by atoms with van der Waals surface area (Å²) < 4.78 is 30.8. The summed E-state index contributed by atoms with van der Waals surface area (Å²) in [7, 11) is 0. The van der Waals surface area contributed by atoms with Crippen molar-refractivity contribution in [2.24, 2.45) is 52.3 Å². The first-order valence-electron chi connectivity index (χ1n) is 12.8. The highest BCUT2D eigenvalue weighted by Gasteiger charge is 2.70. The maximum Gasteiger partial charge on any atom is 0.303 e. The van der Waals surface area contributed by atoms with Crippen LogP contribution in [0, 0.1) is 52.3 Å². The highest BCUT2D eigenvalue weighted by molar-refractivity contribution is 5.66. The molecule has 4 fully saturated rings. The molecule has 0 unspecified atom stereocenters. The van der Waals surface area contributed by atoms with Crippen molar-refractivity contribution in [1.82, 2.24) is 0 Å². The molecule has 0 aromatic rings. The number of carboxylic acids is 1. The Labute approximate surface area is 191 Å². The second kappa shape index (κ2) is 8.18. The van der Waals surface area contributed by atoms with E-state index in [0.29, 0.717) is 37.0 Å².